The second kappa shape index (κ2) is 4.79. The average Bonchev–Trinajstić information content (AvgIpc) is 2.86. The molecule has 0 bridgehead atoms. The van der Waals surface area contributed by atoms with E-state index in [9.17, 15) is 5.26 Å². The maximum Gasteiger partial charge on any atom is 0.0672 e. The van der Waals surface area contributed by atoms with Crippen LogP contribution in [0.2, 0.25) is 0 Å². The van der Waals surface area contributed by atoms with E-state index in [4.69, 9.17) is 0 Å². The van der Waals surface area contributed by atoms with Gasteiger partial charge in [0, 0.05) is 6.54 Å². The van der Waals surface area contributed by atoms with Gasteiger partial charge < -0.3 is 4.90 Å². The van der Waals surface area contributed by atoms with Crippen LogP contribution in [0.5, 0.6) is 0 Å². The lowest BCUT2D eigenvalue weighted by Crippen LogP contribution is -2.29. The van der Waals surface area contributed by atoms with Gasteiger partial charge in [0.25, 0.3) is 0 Å². The van der Waals surface area contributed by atoms with Crippen molar-refractivity contribution in [3.8, 4) is 6.07 Å². The predicted octanol–water partition coefficient (Wildman–Crippen LogP) is 2.41. The second-order valence-electron chi connectivity index (χ2n) is 4.79. The quantitative estimate of drug-likeness (QED) is 0.686. The van der Waals surface area contributed by atoms with Crippen LogP contribution in [0.1, 0.15) is 38.5 Å². The van der Waals surface area contributed by atoms with Gasteiger partial charge >= 0.3 is 0 Å². The van der Waals surface area contributed by atoms with Gasteiger partial charge in [-0.05, 0) is 44.7 Å². The maximum atomic E-state index is 9.17. The molecule has 1 aliphatic carbocycles. The highest BCUT2D eigenvalue weighted by Gasteiger charge is 2.27. The molecule has 0 aromatic heterocycles. The Hall–Kier alpha value is -0.550. The van der Waals surface area contributed by atoms with Crippen molar-refractivity contribution in [2.24, 2.45) is 11.8 Å². The molecule has 78 valence electrons. The minimum absolute atomic E-state index is 0.315. The Kier molecular flexibility index (Phi) is 3.42. The second-order valence-corrected chi connectivity index (χ2v) is 4.79. The molecule has 1 unspecified atom stereocenters. The molecule has 1 saturated heterocycles. The Morgan fingerprint density at radius 1 is 1.14 bits per heavy atom. The van der Waals surface area contributed by atoms with E-state index >= 15 is 0 Å². The normalized spacial score (nSPS) is 26.5. The highest BCUT2D eigenvalue weighted by Crippen LogP contribution is 2.31. The van der Waals surface area contributed by atoms with E-state index < -0.39 is 0 Å². The summed E-state index contributed by atoms with van der Waals surface area (Å²) >= 11 is 0. The van der Waals surface area contributed by atoms with Gasteiger partial charge in [-0.3, -0.25) is 0 Å². The van der Waals surface area contributed by atoms with Crippen LogP contribution in [0.25, 0.3) is 0 Å². The first kappa shape index (κ1) is 9.98. The Balaban J connectivity index is 1.83. The molecule has 0 radical (unpaired) electrons. The number of hydrogen-bond donors (Lipinski definition) is 0. The van der Waals surface area contributed by atoms with E-state index in [-0.39, 0.29) is 0 Å². The summed E-state index contributed by atoms with van der Waals surface area (Å²) in [4.78, 5) is 2.48. The number of nitriles is 1. The average molecular weight is 192 g/mol. The minimum Gasteiger partial charge on any atom is -0.302 e. The molecule has 2 rings (SSSR count). The topological polar surface area (TPSA) is 27.0 Å². The first-order valence-electron chi connectivity index (χ1n) is 6.02. The lowest BCUT2D eigenvalue weighted by Gasteiger charge is -2.22. The summed E-state index contributed by atoms with van der Waals surface area (Å²) in [6.07, 6.45) is 7.97. The van der Waals surface area contributed by atoms with Crippen molar-refractivity contribution in [2.75, 3.05) is 19.6 Å². The molecule has 0 aromatic carbocycles. The molecule has 2 nitrogen and oxygen atoms in total. The lowest BCUT2D eigenvalue weighted by atomic mass is 9.92. The molecule has 0 amide bonds. The molecular formula is C12H20N2. The summed E-state index contributed by atoms with van der Waals surface area (Å²) in [5.74, 6) is 1.02. The third-order valence-corrected chi connectivity index (χ3v) is 3.79. The van der Waals surface area contributed by atoms with Gasteiger partial charge in [0.05, 0.1) is 12.0 Å². The van der Waals surface area contributed by atoms with E-state index in [0.29, 0.717) is 11.8 Å². The molecule has 1 atom stereocenters. The van der Waals surface area contributed by atoms with Crippen LogP contribution in [0.3, 0.4) is 0 Å². The van der Waals surface area contributed by atoms with Crippen LogP contribution in [0, 0.1) is 23.2 Å². The minimum atomic E-state index is 0.315. The van der Waals surface area contributed by atoms with Crippen LogP contribution in [0.15, 0.2) is 0 Å². The zero-order chi connectivity index (χ0) is 9.80. The molecular weight excluding hydrogens is 172 g/mol. The van der Waals surface area contributed by atoms with Gasteiger partial charge in [-0.25, -0.2) is 0 Å². The summed E-state index contributed by atoms with van der Waals surface area (Å²) < 4.78 is 0. The van der Waals surface area contributed by atoms with Crippen molar-refractivity contribution in [1.82, 2.24) is 4.90 Å². The van der Waals surface area contributed by atoms with Gasteiger partial charge in [-0.1, -0.05) is 12.8 Å². The van der Waals surface area contributed by atoms with Crippen LogP contribution < -0.4 is 0 Å². The summed E-state index contributed by atoms with van der Waals surface area (Å²) in [5, 5.41) is 9.17. The molecule has 0 N–H and O–H groups in total. The number of likely N-dealkylation sites (tertiary alicyclic amines) is 1. The van der Waals surface area contributed by atoms with Crippen LogP contribution in [-0.2, 0) is 0 Å². The molecule has 1 aliphatic heterocycles. The van der Waals surface area contributed by atoms with Gasteiger partial charge in [0.2, 0.25) is 0 Å². The summed E-state index contributed by atoms with van der Waals surface area (Å²) in [6, 6.07) is 2.53. The van der Waals surface area contributed by atoms with Crippen LogP contribution >= 0.6 is 0 Å². The highest BCUT2D eigenvalue weighted by molar-refractivity contribution is 4.92. The SMILES string of the molecule is N#CC(CN1CCCC1)C1CCCC1. The van der Waals surface area contributed by atoms with Crippen molar-refractivity contribution in [1.29, 1.82) is 5.26 Å². The first-order chi connectivity index (χ1) is 6.90. The Bertz CT molecular complexity index is 207. The summed E-state index contributed by atoms with van der Waals surface area (Å²) in [5.41, 5.74) is 0. The molecule has 0 aromatic rings. The number of rotatable bonds is 3. The number of hydrogen-bond acceptors (Lipinski definition) is 2. The molecule has 0 spiro atoms. The highest BCUT2D eigenvalue weighted by atomic mass is 15.1. The van der Waals surface area contributed by atoms with Gasteiger partial charge in [0.1, 0.15) is 0 Å². The van der Waals surface area contributed by atoms with Gasteiger partial charge in [-0.2, -0.15) is 5.26 Å². The Morgan fingerprint density at radius 3 is 2.36 bits per heavy atom. The third kappa shape index (κ3) is 2.27. The van der Waals surface area contributed by atoms with Crippen molar-refractivity contribution >= 4 is 0 Å². The van der Waals surface area contributed by atoms with E-state index in [1.165, 1.54) is 51.6 Å². The smallest absolute Gasteiger partial charge is 0.0672 e. The van der Waals surface area contributed by atoms with Crippen LogP contribution in [0.4, 0.5) is 0 Å². The predicted molar refractivity (Wildman–Crippen MR) is 56.7 cm³/mol. The number of nitrogens with zero attached hydrogens (tertiary/aromatic N) is 2. The van der Waals surface area contributed by atoms with E-state index in [1.807, 2.05) is 0 Å². The Labute approximate surface area is 86.9 Å². The van der Waals surface area contributed by atoms with Crippen molar-refractivity contribution in [2.45, 2.75) is 38.5 Å². The molecule has 2 fully saturated rings. The van der Waals surface area contributed by atoms with Crippen molar-refractivity contribution < 1.29 is 0 Å². The largest absolute Gasteiger partial charge is 0.302 e. The molecule has 1 saturated carbocycles. The molecule has 1 heterocycles. The fraction of sp³-hybridized carbons (Fsp3) is 0.917. The lowest BCUT2D eigenvalue weighted by molar-refractivity contribution is 0.259. The molecule has 2 aliphatic rings. The summed E-state index contributed by atoms with van der Waals surface area (Å²) in [7, 11) is 0. The Morgan fingerprint density at radius 2 is 1.79 bits per heavy atom. The fourth-order valence-corrected chi connectivity index (χ4v) is 2.90. The zero-order valence-electron chi connectivity index (χ0n) is 8.91. The van der Waals surface area contributed by atoms with E-state index in [0.717, 1.165) is 6.54 Å². The fourth-order valence-electron chi connectivity index (χ4n) is 2.90. The van der Waals surface area contributed by atoms with Gasteiger partial charge in [-0.15, -0.1) is 0 Å². The maximum absolute atomic E-state index is 9.17. The standard InChI is InChI=1S/C12H20N2/c13-9-12(11-5-1-2-6-11)10-14-7-3-4-8-14/h11-12H,1-8,10H2. The monoisotopic (exact) mass is 192 g/mol. The van der Waals surface area contributed by atoms with E-state index in [1.54, 1.807) is 0 Å². The van der Waals surface area contributed by atoms with Gasteiger partial charge in [0.15, 0.2) is 0 Å². The van der Waals surface area contributed by atoms with Crippen molar-refractivity contribution in [3.63, 3.8) is 0 Å². The molecule has 2 heteroatoms. The summed E-state index contributed by atoms with van der Waals surface area (Å²) in [6.45, 7) is 3.50. The third-order valence-electron chi connectivity index (χ3n) is 3.79. The van der Waals surface area contributed by atoms with Crippen molar-refractivity contribution in [3.05, 3.63) is 0 Å². The first-order valence-corrected chi connectivity index (χ1v) is 6.02. The van der Waals surface area contributed by atoms with Crippen LogP contribution in [-0.4, -0.2) is 24.5 Å². The molecule has 14 heavy (non-hydrogen) atoms. The van der Waals surface area contributed by atoms with E-state index in [2.05, 4.69) is 11.0 Å². The zero-order valence-corrected chi connectivity index (χ0v) is 8.91.